The number of benzene rings is 2. The van der Waals surface area contributed by atoms with Gasteiger partial charge in [-0.1, -0.05) is 38.1 Å². The highest BCUT2D eigenvalue weighted by Crippen LogP contribution is 2.24. The third-order valence-electron chi connectivity index (χ3n) is 5.92. The van der Waals surface area contributed by atoms with E-state index in [1.807, 2.05) is 18.2 Å². The van der Waals surface area contributed by atoms with Crippen LogP contribution in [0.4, 0.5) is 0 Å². The lowest BCUT2D eigenvalue weighted by Gasteiger charge is -2.30. The van der Waals surface area contributed by atoms with Crippen molar-refractivity contribution < 1.29 is 19.1 Å². The minimum absolute atomic E-state index is 0.190. The van der Waals surface area contributed by atoms with E-state index in [9.17, 15) is 14.4 Å². The number of nitrogens with two attached hydrogens (primary N) is 1. The van der Waals surface area contributed by atoms with Crippen molar-refractivity contribution in [2.45, 2.75) is 39.7 Å². The smallest absolute Gasteiger partial charge is 0.276 e. The first kappa shape index (κ1) is 25.4. The number of hydrogen-bond acceptors (Lipinski definition) is 6. The molecule has 0 spiro atoms. The molecule has 1 heterocycles. The molecule has 2 aromatic carbocycles. The van der Waals surface area contributed by atoms with Crippen LogP contribution in [-0.4, -0.2) is 65.4 Å². The number of rotatable bonds is 14. The summed E-state index contributed by atoms with van der Waals surface area (Å²) in [7, 11) is 0. The van der Waals surface area contributed by atoms with E-state index in [1.165, 1.54) is 10.6 Å². The van der Waals surface area contributed by atoms with Crippen LogP contribution >= 0.6 is 0 Å². The van der Waals surface area contributed by atoms with Crippen molar-refractivity contribution in [2.75, 3.05) is 32.8 Å². The van der Waals surface area contributed by atoms with Gasteiger partial charge in [0, 0.05) is 26.1 Å². The maximum atomic E-state index is 12.9. The molecule has 3 amide bonds. The summed E-state index contributed by atoms with van der Waals surface area (Å²) in [6.45, 7) is 8.38. The Labute approximate surface area is 201 Å². The number of amides is 3. The van der Waals surface area contributed by atoms with E-state index in [2.05, 4.69) is 24.8 Å². The van der Waals surface area contributed by atoms with Crippen LogP contribution in [0.1, 0.15) is 59.4 Å². The fourth-order valence-electron chi connectivity index (χ4n) is 4.06. The van der Waals surface area contributed by atoms with E-state index in [4.69, 9.17) is 10.5 Å². The highest BCUT2D eigenvalue weighted by atomic mass is 16.5. The second-order valence-electron chi connectivity index (χ2n) is 8.30. The minimum Gasteiger partial charge on any atom is -0.494 e. The SMILES string of the molecule is CCN(CC)Cc1cccc(OCCCN(CCCC(N)=O)N2C(=O)c3ccccc3C2=O)c1. The summed E-state index contributed by atoms with van der Waals surface area (Å²) in [5.41, 5.74) is 7.26. The largest absolute Gasteiger partial charge is 0.494 e. The van der Waals surface area contributed by atoms with Crippen molar-refractivity contribution in [3.8, 4) is 5.75 Å². The molecular formula is C26H34N4O4. The molecule has 1 aliphatic heterocycles. The second-order valence-corrected chi connectivity index (χ2v) is 8.30. The second kappa shape index (κ2) is 12.3. The maximum absolute atomic E-state index is 12.9. The van der Waals surface area contributed by atoms with Gasteiger partial charge in [-0.15, -0.1) is 0 Å². The lowest BCUT2D eigenvalue weighted by Crippen LogP contribution is -2.47. The van der Waals surface area contributed by atoms with E-state index in [1.54, 1.807) is 29.3 Å². The Morgan fingerprint density at radius 2 is 1.59 bits per heavy atom. The molecule has 2 aromatic rings. The number of primary amides is 1. The number of hydrazine groups is 1. The van der Waals surface area contributed by atoms with Gasteiger partial charge in [0.25, 0.3) is 11.8 Å². The van der Waals surface area contributed by atoms with Crippen LogP contribution in [0, 0.1) is 0 Å². The molecule has 34 heavy (non-hydrogen) atoms. The normalized spacial score (nSPS) is 13.1. The van der Waals surface area contributed by atoms with Gasteiger partial charge in [-0.05, 0) is 55.8 Å². The zero-order chi connectivity index (χ0) is 24.5. The van der Waals surface area contributed by atoms with E-state index in [0.717, 1.165) is 25.4 Å². The van der Waals surface area contributed by atoms with Gasteiger partial charge in [-0.3, -0.25) is 19.3 Å². The van der Waals surface area contributed by atoms with Gasteiger partial charge in [-0.25, -0.2) is 10.0 Å². The van der Waals surface area contributed by atoms with Gasteiger partial charge in [0.05, 0.1) is 17.7 Å². The Balaban J connectivity index is 1.59. The Bertz CT molecular complexity index is 971. The van der Waals surface area contributed by atoms with Crippen molar-refractivity contribution in [3.05, 3.63) is 65.2 Å². The van der Waals surface area contributed by atoms with Crippen LogP contribution in [0.15, 0.2) is 48.5 Å². The molecule has 0 aliphatic carbocycles. The molecule has 8 heteroatoms. The summed E-state index contributed by atoms with van der Waals surface area (Å²) in [5.74, 6) is -0.296. The molecule has 0 aromatic heterocycles. The molecule has 2 N–H and O–H groups in total. The number of ether oxygens (including phenoxy) is 1. The van der Waals surface area contributed by atoms with Crippen molar-refractivity contribution in [1.29, 1.82) is 0 Å². The molecule has 0 bridgehead atoms. The van der Waals surface area contributed by atoms with Crippen molar-refractivity contribution in [1.82, 2.24) is 14.9 Å². The lowest BCUT2D eigenvalue weighted by atomic mass is 10.1. The van der Waals surface area contributed by atoms with Crippen molar-refractivity contribution in [3.63, 3.8) is 0 Å². The van der Waals surface area contributed by atoms with E-state index >= 15 is 0 Å². The number of nitrogens with zero attached hydrogens (tertiary/aromatic N) is 3. The highest BCUT2D eigenvalue weighted by molar-refractivity contribution is 6.20. The molecule has 0 radical (unpaired) electrons. The molecule has 182 valence electrons. The highest BCUT2D eigenvalue weighted by Gasteiger charge is 2.38. The Hall–Kier alpha value is -3.23. The third kappa shape index (κ3) is 6.42. The average molecular weight is 467 g/mol. The zero-order valence-electron chi connectivity index (χ0n) is 20.0. The molecule has 0 saturated heterocycles. The summed E-state index contributed by atoms with van der Waals surface area (Å²) in [5, 5.41) is 2.89. The Kier molecular flexibility index (Phi) is 9.18. The molecule has 0 saturated carbocycles. The van der Waals surface area contributed by atoms with E-state index < -0.39 is 5.91 Å². The van der Waals surface area contributed by atoms with Gasteiger partial charge >= 0.3 is 0 Å². The van der Waals surface area contributed by atoms with Crippen molar-refractivity contribution in [2.24, 2.45) is 5.73 Å². The molecule has 8 nitrogen and oxygen atoms in total. The van der Waals surface area contributed by atoms with Crippen LogP contribution in [0.5, 0.6) is 5.75 Å². The summed E-state index contributed by atoms with van der Waals surface area (Å²) in [6.07, 6.45) is 1.25. The molecular weight excluding hydrogens is 432 g/mol. The number of carbonyl (C=O) groups is 3. The van der Waals surface area contributed by atoms with Gasteiger partial charge in [0.1, 0.15) is 5.75 Å². The maximum Gasteiger partial charge on any atom is 0.276 e. The first-order valence-corrected chi connectivity index (χ1v) is 11.9. The lowest BCUT2D eigenvalue weighted by molar-refractivity contribution is -0.118. The van der Waals surface area contributed by atoms with Crippen LogP contribution in [0.2, 0.25) is 0 Å². The molecule has 1 aliphatic rings. The third-order valence-corrected chi connectivity index (χ3v) is 5.92. The predicted octanol–water partition coefficient (Wildman–Crippen LogP) is 3.08. The topological polar surface area (TPSA) is 96.2 Å². The summed E-state index contributed by atoms with van der Waals surface area (Å²) >= 11 is 0. The Morgan fingerprint density at radius 1 is 0.941 bits per heavy atom. The molecule has 0 fully saturated rings. The fourth-order valence-corrected chi connectivity index (χ4v) is 4.06. The first-order valence-electron chi connectivity index (χ1n) is 11.9. The van der Waals surface area contributed by atoms with Crippen LogP contribution in [0.3, 0.4) is 0 Å². The molecule has 3 rings (SSSR count). The summed E-state index contributed by atoms with van der Waals surface area (Å²) in [4.78, 5) is 39.4. The van der Waals surface area contributed by atoms with Crippen LogP contribution in [0.25, 0.3) is 0 Å². The van der Waals surface area contributed by atoms with Crippen LogP contribution in [-0.2, 0) is 11.3 Å². The van der Waals surface area contributed by atoms with Gasteiger partial charge in [-0.2, -0.15) is 0 Å². The monoisotopic (exact) mass is 466 g/mol. The quantitative estimate of drug-likeness (QED) is 0.340. The minimum atomic E-state index is -0.407. The molecule has 0 unspecified atom stereocenters. The predicted molar refractivity (Wildman–Crippen MR) is 130 cm³/mol. The summed E-state index contributed by atoms with van der Waals surface area (Å²) < 4.78 is 5.96. The Morgan fingerprint density at radius 3 is 2.21 bits per heavy atom. The number of hydrogen-bond donors (Lipinski definition) is 1. The van der Waals surface area contributed by atoms with Gasteiger partial charge in [0.2, 0.25) is 5.91 Å². The zero-order valence-corrected chi connectivity index (χ0v) is 20.0. The average Bonchev–Trinajstić information content (AvgIpc) is 3.09. The van der Waals surface area contributed by atoms with Gasteiger partial charge in [0.15, 0.2) is 0 Å². The van der Waals surface area contributed by atoms with Crippen molar-refractivity contribution >= 4 is 17.7 Å². The fraction of sp³-hybridized carbons (Fsp3) is 0.423. The van der Waals surface area contributed by atoms with E-state index in [-0.39, 0.29) is 18.2 Å². The number of carbonyl (C=O) groups excluding carboxylic acids is 3. The van der Waals surface area contributed by atoms with Crippen LogP contribution < -0.4 is 10.5 Å². The first-order chi connectivity index (χ1) is 16.4. The summed E-state index contributed by atoms with van der Waals surface area (Å²) in [6, 6.07) is 14.9. The van der Waals surface area contributed by atoms with E-state index in [0.29, 0.717) is 43.7 Å². The van der Waals surface area contributed by atoms with Gasteiger partial charge < -0.3 is 10.5 Å². The number of fused-ring (bicyclic) bond motifs is 1. The standard InChI is InChI=1S/C26H34N4O4/c1-3-28(4-2)19-20-10-7-11-21(18-20)34-17-9-16-29(15-8-14-24(27)31)30-25(32)22-12-5-6-13-23(22)26(30)33/h5-7,10-13,18H,3-4,8-9,14-17,19H2,1-2H3,(H2,27,31). The number of imide groups is 1. The molecule has 0 atom stereocenters.